The second kappa shape index (κ2) is 12.9. The Bertz CT molecular complexity index is 1040. The molecule has 1 atom stereocenters. The van der Waals surface area contributed by atoms with Gasteiger partial charge < -0.3 is 9.64 Å². The maximum Gasteiger partial charge on any atom is 0.108 e. The molecule has 1 saturated heterocycles. The van der Waals surface area contributed by atoms with Crippen LogP contribution in [0.2, 0.25) is 5.02 Å². The van der Waals surface area contributed by atoms with Gasteiger partial charge in [0.25, 0.3) is 0 Å². The summed E-state index contributed by atoms with van der Waals surface area (Å²) < 4.78 is 6.39. The molecular weight excluding hydrogens is 464 g/mol. The first kappa shape index (κ1) is 26.9. The fraction of sp³-hybridized carbons (Fsp3) is 0.438. The highest BCUT2D eigenvalue weighted by atomic mass is 35.5. The summed E-state index contributed by atoms with van der Waals surface area (Å²) in [6, 6.07) is 27.7. The molecule has 0 aliphatic carbocycles. The molecule has 4 rings (SSSR count). The molecule has 1 aliphatic rings. The van der Waals surface area contributed by atoms with Crippen molar-refractivity contribution in [1.82, 2.24) is 9.80 Å². The predicted molar refractivity (Wildman–Crippen MR) is 152 cm³/mol. The smallest absolute Gasteiger partial charge is 0.108 e. The lowest BCUT2D eigenvalue weighted by atomic mass is 9.87. The summed E-state index contributed by atoms with van der Waals surface area (Å²) in [7, 11) is 0. The second-order valence-electron chi connectivity index (χ2n) is 11.0. The third kappa shape index (κ3) is 7.91. The van der Waals surface area contributed by atoms with Crippen molar-refractivity contribution in [2.75, 3.05) is 39.3 Å². The Morgan fingerprint density at radius 1 is 0.750 bits per heavy atom. The number of hydrogen-bond acceptors (Lipinski definition) is 3. The summed E-state index contributed by atoms with van der Waals surface area (Å²) in [5.74, 6) is 0. The van der Waals surface area contributed by atoms with Gasteiger partial charge in [-0.25, -0.2) is 0 Å². The fourth-order valence-corrected chi connectivity index (χ4v) is 4.95. The van der Waals surface area contributed by atoms with Crippen LogP contribution in [-0.4, -0.2) is 49.1 Å². The number of benzene rings is 3. The summed E-state index contributed by atoms with van der Waals surface area (Å²) in [6.07, 6.45) is 2.18. The maximum atomic E-state index is 6.39. The predicted octanol–water partition coefficient (Wildman–Crippen LogP) is 7.34. The van der Waals surface area contributed by atoms with Gasteiger partial charge in [0.1, 0.15) is 6.10 Å². The normalized spacial score (nSPS) is 16.2. The number of hydrogen-bond donors (Lipinski definition) is 0. The van der Waals surface area contributed by atoms with E-state index in [1.165, 1.54) is 16.7 Å². The SMILES string of the molecule is CC(C)(C)c1ccc(CN2CCN(CCCCOC(c3ccccc3)c3ccc(Cl)cc3)CC2)cc1. The molecule has 1 unspecified atom stereocenters. The molecule has 0 radical (unpaired) electrons. The summed E-state index contributed by atoms with van der Waals surface area (Å²) in [4.78, 5) is 5.19. The average molecular weight is 505 g/mol. The highest BCUT2D eigenvalue weighted by Gasteiger charge is 2.18. The van der Waals surface area contributed by atoms with E-state index in [0.29, 0.717) is 0 Å². The third-order valence-electron chi connectivity index (χ3n) is 7.12. The summed E-state index contributed by atoms with van der Waals surface area (Å²) >= 11 is 6.10. The van der Waals surface area contributed by atoms with Crippen LogP contribution in [0, 0.1) is 0 Å². The van der Waals surface area contributed by atoms with E-state index in [1.807, 2.05) is 18.2 Å². The lowest BCUT2D eigenvalue weighted by molar-refractivity contribution is 0.0724. The first-order valence-corrected chi connectivity index (χ1v) is 13.7. The summed E-state index contributed by atoms with van der Waals surface area (Å²) in [5.41, 5.74) is 5.37. The van der Waals surface area contributed by atoms with Gasteiger partial charge in [0.2, 0.25) is 0 Å². The number of nitrogens with zero attached hydrogens (tertiary/aromatic N) is 2. The van der Waals surface area contributed by atoms with E-state index in [0.717, 1.165) is 69.3 Å². The molecule has 1 fully saturated rings. The Morgan fingerprint density at radius 2 is 1.36 bits per heavy atom. The molecule has 192 valence electrons. The topological polar surface area (TPSA) is 15.7 Å². The molecular formula is C32H41ClN2O. The number of rotatable bonds is 10. The van der Waals surface area contributed by atoms with Crippen molar-refractivity contribution in [3.63, 3.8) is 0 Å². The van der Waals surface area contributed by atoms with Crippen molar-refractivity contribution in [2.24, 2.45) is 0 Å². The molecule has 1 heterocycles. The van der Waals surface area contributed by atoms with Gasteiger partial charge in [-0.05, 0) is 59.2 Å². The third-order valence-corrected chi connectivity index (χ3v) is 7.37. The Balaban J connectivity index is 1.17. The fourth-order valence-electron chi connectivity index (χ4n) is 4.83. The molecule has 4 heteroatoms. The Labute approximate surface area is 223 Å². The van der Waals surface area contributed by atoms with Gasteiger partial charge >= 0.3 is 0 Å². The number of halogens is 1. The molecule has 3 aromatic rings. The minimum Gasteiger partial charge on any atom is -0.369 e. The van der Waals surface area contributed by atoms with Crippen LogP contribution in [0.3, 0.4) is 0 Å². The number of ether oxygens (including phenoxy) is 1. The van der Waals surface area contributed by atoms with Gasteiger partial charge in [-0.2, -0.15) is 0 Å². The number of unbranched alkanes of at least 4 members (excludes halogenated alkanes) is 1. The quantitative estimate of drug-likeness (QED) is 0.268. The zero-order chi connectivity index (χ0) is 25.4. The average Bonchev–Trinajstić information content (AvgIpc) is 2.88. The van der Waals surface area contributed by atoms with E-state index in [9.17, 15) is 0 Å². The van der Waals surface area contributed by atoms with Crippen molar-refractivity contribution in [3.05, 3.63) is 106 Å². The van der Waals surface area contributed by atoms with Crippen LogP contribution in [0.1, 0.15) is 62.0 Å². The monoisotopic (exact) mass is 504 g/mol. The first-order valence-electron chi connectivity index (χ1n) is 13.3. The minimum absolute atomic E-state index is 0.0514. The van der Waals surface area contributed by atoms with E-state index in [4.69, 9.17) is 16.3 Å². The Hall–Kier alpha value is -2.17. The summed E-state index contributed by atoms with van der Waals surface area (Å²) in [5, 5.41) is 0.754. The Morgan fingerprint density at radius 3 is 2.00 bits per heavy atom. The van der Waals surface area contributed by atoms with Gasteiger partial charge in [0.05, 0.1) is 0 Å². The molecule has 0 aromatic heterocycles. The molecule has 0 N–H and O–H groups in total. The summed E-state index contributed by atoms with van der Waals surface area (Å²) in [6.45, 7) is 14.4. The minimum atomic E-state index is -0.0514. The molecule has 1 aliphatic heterocycles. The maximum absolute atomic E-state index is 6.39. The molecule has 0 bridgehead atoms. The van der Waals surface area contributed by atoms with Crippen molar-refractivity contribution in [1.29, 1.82) is 0 Å². The molecule has 36 heavy (non-hydrogen) atoms. The van der Waals surface area contributed by atoms with Crippen LogP contribution in [0.25, 0.3) is 0 Å². The zero-order valence-corrected chi connectivity index (χ0v) is 22.9. The van der Waals surface area contributed by atoms with Gasteiger partial charge in [0, 0.05) is 44.4 Å². The van der Waals surface area contributed by atoms with Crippen molar-refractivity contribution in [2.45, 2.75) is 51.7 Å². The Kier molecular flexibility index (Phi) is 9.61. The lowest BCUT2D eigenvalue weighted by Crippen LogP contribution is -2.46. The highest BCUT2D eigenvalue weighted by Crippen LogP contribution is 2.27. The second-order valence-corrected chi connectivity index (χ2v) is 11.4. The molecule has 0 amide bonds. The van der Waals surface area contributed by atoms with Crippen LogP contribution >= 0.6 is 11.6 Å². The van der Waals surface area contributed by atoms with Gasteiger partial charge in [0.15, 0.2) is 0 Å². The van der Waals surface area contributed by atoms with Crippen LogP contribution in [0.5, 0.6) is 0 Å². The lowest BCUT2D eigenvalue weighted by Gasteiger charge is -2.34. The molecule has 3 nitrogen and oxygen atoms in total. The standard InChI is InChI=1S/C32H41ClN2O/c1-32(2,3)29-15-11-26(12-16-29)25-35-22-20-34(21-23-35)19-7-8-24-36-31(27-9-5-4-6-10-27)28-13-17-30(33)18-14-28/h4-6,9-18,31H,7-8,19-25H2,1-3H3. The van der Waals surface area contributed by atoms with E-state index < -0.39 is 0 Å². The molecule has 0 saturated carbocycles. The highest BCUT2D eigenvalue weighted by molar-refractivity contribution is 6.30. The van der Waals surface area contributed by atoms with E-state index >= 15 is 0 Å². The van der Waals surface area contributed by atoms with E-state index in [1.54, 1.807) is 0 Å². The van der Waals surface area contributed by atoms with Crippen LogP contribution in [0.15, 0.2) is 78.9 Å². The van der Waals surface area contributed by atoms with Crippen LogP contribution in [-0.2, 0) is 16.7 Å². The number of piperazine rings is 1. The van der Waals surface area contributed by atoms with Crippen molar-refractivity contribution in [3.8, 4) is 0 Å². The zero-order valence-electron chi connectivity index (χ0n) is 22.1. The van der Waals surface area contributed by atoms with Crippen LogP contribution in [0.4, 0.5) is 0 Å². The first-order chi connectivity index (χ1) is 17.4. The van der Waals surface area contributed by atoms with Crippen LogP contribution < -0.4 is 0 Å². The van der Waals surface area contributed by atoms with E-state index in [2.05, 4.69) is 91.2 Å². The van der Waals surface area contributed by atoms with Crippen molar-refractivity contribution < 1.29 is 4.74 Å². The largest absolute Gasteiger partial charge is 0.369 e. The van der Waals surface area contributed by atoms with Gasteiger partial charge in [-0.15, -0.1) is 0 Å². The van der Waals surface area contributed by atoms with Gasteiger partial charge in [-0.1, -0.05) is 99.1 Å². The molecule has 3 aromatic carbocycles. The van der Waals surface area contributed by atoms with Gasteiger partial charge in [-0.3, -0.25) is 4.90 Å². The van der Waals surface area contributed by atoms with E-state index in [-0.39, 0.29) is 11.5 Å². The molecule has 0 spiro atoms. The van der Waals surface area contributed by atoms with Crippen molar-refractivity contribution >= 4 is 11.6 Å².